The number of hydrogen-bond donors (Lipinski definition) is 6. The molecule has 3 aliphatic rings. The number of carbonyl (C=O) groups is 2. The lowest BCUT2D eigenvalue weighted by Gasteiger charge is -2.50. The number of aliphatic hydroxyl groups is 1. The van der Waals surface area contributed by atoms with Crippen molar-refractivity contribution in [2.45, 2.75) is 50.5 Å². The Balaban J connectivity index is 0.888. The number of unbranched alkanes of at least 4 members (excludes halogenated alkanes) is 1. The van der Waals surface area contributed by atoms with Gasteiger partial charge in [-0.15, -0.1) is 0 Å². The van der Waals surface area contributed by atoms with Gasteiger partial charge in [-0.05, 0) is 104 Å². The van der Waals surface area contributed by atoms with Crippen molar-refractivity contribution >= 4 is 22.9 Å². The smallest absolute Gasteiger partial charge is 0.408 e. The number of rotatable bonds is 16. The van der Waals surface area contributed by atoms with Crippen molar-refractivity contribution in [3.05, 3.63) is 130 Å². The van der Waals surface area contributed by atoms with Crippen molar-refractivity contribution < 1.29 is 34.1 Å². The Morgan fingerprint density at radius 2 is 1.73 bits per heavy atom. The quantitative estimate of drug-likeness (QED) is 0.0715. The van der Waals surface area contributed by atoms with Gasteiger partial charge in [-0.1, -0.05) is 48.5 Å². The number of amides is 2. The van der Waals surface area contributed by atoms with Crippen molar-refractivity contribution in [2.24, 2.45) is 5.92 Å². The second-order valence-corrected chi connectivity index (χ2v) is 14.3. The summed E-state index contributed by atoms with van der Waals surface area (Å²) in [5.74, 6) is 1.16. The molecule has 13 heteroatoms. The number of nitrogens with zero attached hydrogens (tertiary/aromatic N) is 2. The topological polar surface area (TPSA) is 181 Å². The first kappa shape index (κ1) is 37.7. The molecule has 3 fully saturated rings. The first-order valence-electron chi connectivity index (χ1n) is 18.9. The van der Waals surface area contributed by atoms with Gasteiger partial charge in [0.05, 0.1) is 23.7 Å². The molecule has 288 valence electrons. The molecule has 3 saturated heterocycles. The second kappa shape index (κ2) is 17.2. The molecule has 5 aromatic rings. The summed E-state index contributed by atoms with van der Waals surface area (Å²) in [5, 5.41) is 38.1. The SMILES string of the molecule is O=C(NCCCCNCC(O)c1ccc(O)c2[nH]c(=O)ccc12)c1ccc(COc2cccc([C@H](c3ccccc3)N(C(=O)O)C3CN4CCC3CC4)c2)o1. The Labute approximate surface area is 318 Å². The number of aromatic amines is 1. The van der Waals surface area contributed by atoms with E-state index in [-0.39, 0.29) is 42.2 Å². The average Bonchev–Trinajstić information content (AvgIpc) is 3.69. The van der Waals surface area contributed by atoms with Crippen LogP contribution in [0.15, 0.2) is 100 Å². The molecule has 2 aromatic heterocycles. The predicted octanol–water partition coefficient (Wildman–Crippen LogP) is 5.40. The molecule has 0 saturated carbocycles. The van der Waals surface area contributed by atoms with Crippen molar-refractivity contribution in [1.29, 1.82) is 0 Å². The van der Waals surface area contributed by atoms with E-state index in [9.17, 15) is 29.7 Å². The number of benzene rings is 3. The summed E-state index contributed by atoms with van der Waals surface area (Å²) >= 11 is 0. The zero-order chi connectivity index (χ0) is 38.3. The third-order valence-electron chi connectivity index (χ3n) is 10.7. The largest absolute Gasteiger partial charge is 0.506 e. The summed E-state index contributed by atoms with van der Waals surface area (Å²) in [6.07, 6.45) is 1.67. The monoisotopic (exact) mass is 749 g/mol. The lowest BCUT2D eigenvalue weighted by Crippen LogP contribution is -2.59. The Hall–Kier alpha value is -5.63. The van der Waals surface area contributed by atoms with E-state index < -0.39 is 18.2 Å². The summed E-state index contributed by atoms with van der Waals surface area (Å²) in [6.45, 7) is 4.19. The van der Waals surface area contributed by atoms with Gasteiger partial charge in [0.1, 0.15) is 23.9 Å². The minimum Gasteiger partial charge on any atom is -0.506 e. The van der Waals surface area contributed by atoms with Crippen molar-refractivity contribution in [3.63, 3.8) is 0 Å². The number of pyridine rings is 1. The van der Waals surface area contributed by atoms with Crippen LogP contribution < -0.4 is 20.9 Å². The number of aliphatic hydroxyl groups excluding tert-OH is 1. The molecule has 2 unspecified atom stereocenters. The standard InChI is InChI=1S/C42H47N5O8/c48-35-14-12-32(33-13-16-38(50)45-39(33)35)36(49)24-43-19-4-5-20-44-41(51)37-15-11-31(55-37)26-54-30-10-6-9-29(23-30)40(28-7-2-1-3-8-28)47(42(52)53)34-25-46-21-17-27(34)18-22-46/h1-3,6-16,23,27,34,36,40,43,48-49H,4-5,17-22,24-26H2,(H,44,51)(H,45,50)(H,52,53)/t34?,36?,40-/m0/s1. The van der Waals surface area contributed by atoms with Gasteiger partial charge in [0, 0.05) is 31.1 Å². The average molecular weight is 750 g/mol. The van der Waals surface area contributed by atoms with E-state index in [1.165, 1.54) is 12.1 Å². The fraction of sp³-hybridized carbons (Fsp3) is 0.357. The highest BCUT2D eigenvalue weighted by Crippen LogP contribution is 2.39. The summed E-state index contributed by atoms with van der Waals surface area (Å²) in [6, 6.07) is 26.0. The predicted molar refractivity (Wildman–Crippen MR) is 206 cm³/mol. The third-order valence-corrected chi connectivity index (χ3v) is 10.7. The van der Waals surface area contributed by atoms with Gasteiger partial charge in [0.15, 0.2) is 5.76 Å². The number of aromatic hydroxyl groups is 1. The number of hydrogen-bond acceptors (Lipinski definition) is 9. The van der Waals surface area contributed by atoms with Crippen molar-refractivity contribution in [2.75, 3.05) is 39.3 Å². The summed E-state index contributed by atoms with van der Waals surface area (Å²) in [5.41, 5.74) is 2.27. The van der Waals surface area contributed by atoms with Crippen LogP contribution in [0.3, 0.4) is 0 Å². The van der Waals surface area contributed by atoms with E-state index in [2.05, 4.69) is 20.5 Å². The van der Waals surface area contributed by atoms with Gasteiger partial charge >= 0.3 is 6.09 Å². The molecule has 6 N–H and O–H groups in total. The number of fused-ring (bicyclic) bond motifs is 4. The van der Waals surface area contributed by atoms with Crippen LogP contribution in [-0.2, 0) is 6.61 Å². The maximum Gasteiger partial charge on any atom is 0.408 e. The maximum atomic E-state index is 13.0. The minimum absolute atomic E-state index is 0.0572. The molecule has 13 nitrogen and oxygen atoms in total. The highest BCUT2D eigenvalue weighted by molar-refractivity contribution is 5.91. The Kier molecular flexibility index (Phi) is 11.8. The third kappa shape index (κ3) is 8.86. The lowest BCUT2D eigenvalue weighted by molar-refractivity contribution is -0.000815. The van der Waals surface area contributed by atoms with Crippen LogP contribution in [0.1, 0.15) is 70.8 Å². The number of carboxylic acid groups (broad SMARTS) is 1. The van der Waals surface area contributed by atoms with Crippen molar-refractivity contribution in [1.82, 2.24) is 25.4 Å². The maximum absolute atomic E-state index is 13.0. The van der Waals surface area contributed by atoms with Crippen LogP contribution >= 0.6 is 0 Å². The normalized spacial score (nSPS) is 18.8. The van der Waals surface area contributed by atoms with Crippen LogP contribution in [0.25, 0.3) is 10.9 Å². The molecule has 2 amide bonds. The number of phenolic OH excluding ortho intramolecular Hbond substituents is 1. The van der Waals surface area contributed by atoms with Gasteiger partial charge in [0.25, 0.3) is 5.91 Å². The zero-order valence-electron chi connectivity index (χ0n) is 30.5. The highest BCUT2D eigenvalue weighted by atomic mass is 16.5. The van der Waals surface area contributed by atoms with E-state index in [1.807, 2.05) is 54.6 Å². The minimum atomic E-state index is -0.936. The first-order valence-corrected chi connectivity index (χ1v) is 18.9. The fourth-order valence-corrected chi connectivity index (χ4v) is 7.91. The van der Waals surface area contributed by atoms with Gasteiger partial charge < -0.3 is 45.0 Å². The Morgan fingerprint density at radius 3 is 2.49 bits per heavy atom. The van der Waals surface area contributed by atoms with Gasteiger partial charge in [-0.3, -0.25) is 14.5 Å². The van der Waals surface area contributed by atoms with Crippen LogP contribution in [0, 0.1) is 5.92 Å². The molecule has 0 aliphatic carbocycles. The molecule has 2 bridgehead atoms. The highest BCUT2D eigenvalue weighted by Gasteiger charge is 2.43. The Morgan fingerprint density at radius 1 is 0.945 bits per heavy atom. The lowest BCUT2D eigenvalue weighted by atomic mass is 9.81. The summed E-state index contributed by atoms with van der Waals surface area (Å²) < 4.78 is 11.9. The molecule has 5 heterocycles. The molecule has 0 spiro atoms. The van der Waals surface area contributed by atoms with Gasteiger partial charge in [0.2, 0.25) is 5.56 Å². The van der Waals surface area contributed by atoms with E-state index in [4.69, 9.17) is 9.15 Å². The van der Waals surface area contributed by atoms with Gasteiger partial charge in [-0.2, -0.15) is 0 Å². The number of carbonyl (C=O) groups excluding carboxylic acids is 1. The number of aromatic nitrogens is 1. The number of piperidine rings is 3. The first-order chi connectivity index (χ1) is 26.7. The van der Waals surface area contributed by atoms with Crippen LogP contribution in [-0.4, -0.2) is 87.4 Å². The zero-order valence-corrected chi connectivity index (χ0v) is 30.5. The summed E-state index contributed by atoms with van der Waals surface area (Å²) in [7, 11) is 0. The van der Waals surface area contributed by atoms with E-state index in [0.717, 1.165) is 50.0 Å². The Bertz CT molecular complexity index is 2140. The van der Waals surface area contributed by atoms with Crippen molar-refractivity contribution in [3.8, 4) is 11.5 Å². The molecular weight excluding hydrogens is 702 g/mol. The number of H-pyrrole nitrogens is 1. The van der Waals surface area contributed by atoms with Crippen LogP contribution in [0.5, 0.6) is 11.5 Å². The molecule has 0 radical (unpaired) electrons. The number of nitrogens with one attached hydrogen (secondary N) is 3. The molecule has 3 aromatic carbocycles. The molecular formula is C42H47N5O8. The number of furan rings is 1. The van der Waals surface area contributed by atoms with E-state index >= 15 is 0 Å². The number of ether oxygens (including phenoxy) is 1. The molecule has 3 aliphatic heterocycles. The van der Waals surface area contributed by atoms with Crippen LogP contribution in [0.2, 0.25) is 0 Å². The molecule has 55 heavy (non-hydrogen) atoms. The van der Waals surface area contributed by atoms with E-state index in [1.54, 1.807) is 29.2 Å². The van der Waals surface area contributed by atoms with E-state index in [0.29, 0.717) is 53.4 Å². The van der Waals surface area contributed by atoms with Crippen LogP contribution in [0.4, 0.5) is 4.79 Å². The summed E-state index contributed by atoms with van der Waals surface area (Å²) in [4.78, 5) is 44.0. The number of phenols is 1. The fourth-order valence-electron chi connectivity index (χ4n) is 7.91. The second-order valence-electron chi connectivity index (χ2n) is 14.3. The molecule has 3 atom stereocenters. The molecule has 8 rings (SSSR count). The van der Waals surface area contributed by atoms with Gasteiger partial charge in [-0.25, -0.2) is 4.79 Å².